The maximum absolute atomic E-state index is 12.3. The molecule has 0 aromatic heterocycles. The molecule has 1 aliphatic heterocycles. The van der Waals surface area contributed by atoms with Gasteiger partial charge in [-0.1, -0.05) is 26.8 Å². The van der Waals surface area contributed by atoms with Crippen LogP contribution >= 0.6 is 11.8 Å². The maximum Gasteiger partial charge on any atom is 0.322 e. The van der Waals surface area contributed by atoms with Crippen LogP contribution in [0, 0.1) is 0 Å². The summed E-state index contributed by atoms with van der Waals surface area (Å²) < 4.78 is 5.36. The van der Waals surface area contributed by atoms with Crippen LogP contribution in [-0.4, -0.2) is 42.6 Å². The summed E-state index contributed by atoms with van der Waals surface area (Å²) in [6.07, 6.45) is 0. The second-order valence-electron chi connectivity index (χ2n) is 6.19. The predicted octanol–water partition coefficient (Wildman–Crippen LogP) is 3.57. The van der Waals surface area contributed by atoms with Gasteiger partial charge in [0, 0.05) is 24.6 Å². The van der Waals surface area contributed by atoms with E-state index in [9.17, 15) is 4.79 Å². The molecule has 1 aromatic rings. The Labute approximate surface area is 131 Å². The summed E-state index contributed by atoms with van der Waals surface area (Å²) in [4.78, 5) is 14.2. The highest BCUT2D eigenvalue weighted by Crippen LogP contribution is 2.31. The third kappa shape index (κ3) is 4.06. The van der Waals surface area contributed by atoms with Crippen LogP contribution in [0.2, 0.25) is 0 Å². The topological polar surface area (TPSA) is 41.6 Å². The van der Waals surface area contributed by atoms with Gasteiger partial charge in [-0.25, -0.2) is 4.79 Å². The molecule has 0 aliphatic carbocycles. The fourth-order valence-electron chi connectivity index (χ4n) is 2.23. The third-order valence-electron chi connectivity index (χ3n) is 3.61. The first-order chi connectivity index (χ1) is 9.91. The van der Waals surface area contributed by atoms with Crippen LogP contribution < -0.4 is 10.1 Å². The minimum atomic E-state index is -0.0420. The van der Waals surface area contributed by atoms with Crippen molar-refractivity contribution in [2.24, 2.45) is 0 Å². The van der Waals surface area contributed by atoms with Gasteiger partial charge >= 0.3 is 6.03 Å². The predicted molar refractivity (Wildman–Crippen MR) is 89.6 cm³/mol. The average Bonchev–Trinajstić information content (AvgIpc) is 2.47. The van der Waals surface area contributed by atoms with Crippen LogP contribution in [0.25, 0.3) is 0 Å². The van der Waals surface area contributed by atoms with Crippen molar-refractivity contribution in [3.63, 3.8) is 0 Å². The highest BCUT2D eigenvalue weighted by molar-refractivity contribution is 7.99. The van der Waals surface area contributed by atoms with Gasteiger partial charge in [-0.3, -0.25) is 0 Å². The number of ether oxygens (including phenoxy) is 1. The normalized spacial score (nSPS) is 15.7. The van der Waals surface area contributed by atoms with Crippen molar-refractivity contribution in [3.05, 3.63) is 23.8 Å². The molecule has 116 valence electrons. The molecule has 2 rings (SSSR count). The molecular formula is C16H24N2O2S. The van der Waals surface area contributed by atoms with E-state index in [0.717, 1.165) is 30.3 Å². The first kappa shape index (κ1) is 16.0. The Morgan fingerprint density at radius 3 is 2.52 bits per heavy atom. The molecule has 0 radical (unpaired) electrons. The lowest BCUT2D eigenvalue weighted by Crippen LogP contribution is -2.40. The molecule has 1 aliphatic rings. The summed E-state index contributed by atoms with van der Waals surface area (Å²) in [6.45, 7) is 8.07. The number of hydrogen-bond donors (Lipinski definition) is 1. The number of rotatable bonds is 2. The van der Waals surface area contributed by atoms with Crippen LogP contribution in [0.5, 0.6) is 5.75 Å². The van der Waals surface area contributed by atoms with Crippen LogP contribution in [0.4, 0.5) is 10.5 Å². The molecule has 1 aromatic carbocycles. The Balaban J connectivity index is 2.18. The summed E-state index contributed by atoms with van der Waals surface area (Å²) in [7, 11) is 1.62. The minimum absolute atomic E-state index is 0.0352. The third-order valence-corrected chi connectivity index (χ3v) is 4.55. The van der Waals surface area contributed by atoms with Crippen molar-refractivity contribution in [2.45, 2.75) is 26.2 Å². The Hall–Kier alpha value is -1.36. The average molecular weight is 308 g/mol. The zero-order chi connectivity index (χ0) is 15.5. The summed E-state index contributed by atoms with van der Waals surface area (Å²) in [6, 6.07) is 5.93. The lowest BCUT2D eigenvalue weighted by atomic mass is 9.87. The molecule has 1 N–H and O–H groups in total. The number of thioether (sulfide) groups is 1. The Kier molecular flexibility index (Phi) is 5.04. The molecule has 1 saturated heterocycles. The number of amides is 2. The number of nitrogens with zero attached hydrogens (tertiary/aromatic N) is 1. The van der Waals surface area contributed by atoms with Gasteiger partial charge in [0.15, 0.2) is 0 Å². The molecule has 21 heavy (non-hydrogen) atoms. The quantitative estimate of drug-likeness (QED) is 0.908. The van der Waals surface area contributed by atoms with Crippen LogP contribution in [0.1, 0.15) is 26.3 Å². The van der Waals surface area contributed by atoms with E-state index in [0.29, 0.717) is 5.75 Å². The number of hydrogen-bond acceptors (Lipinski definition) is 3. The van der Waals surface area contributed by atoms with Gasteiger partial charge in [0.2, 0.25) is 0 Å². The zero-order valence-corrected chi connectivity index (χ0v) is 14.0. The zero-order valence-electron chi connectivity index (χ0n) is 13.2. The van der Waals surface area contributed by atoms with Crippen molar-refractivity contribution >= 4 is 23.5 Å². The highest BCUT2D eigenvalue weighted by atomic mass is 32.2. The summed E-state index contributed by atoms with van der Waals surface area (Å²) in [5, 5.41) is 3.00. The second-order valence-corrected chi connectivity index (χ2v) is 7.42. The van der Waals surface area contributed by atoms with Gasteiger partial charge in [0.25, 0.3) is 0 Å². The highest BCUT2D eigenvalue weighted by Gasteiger charge is 2.20. The van der Waals surface area contributed by atoms with Gasteiger partial charge < -0.3 is 15.0 Å². The molecule has 0 unspecified atom stereocenters. The largest absolute Gasteiger partial charge is 0.495 e. The Bertz CT molecular complexity index is 505. The van der Waals surface area contributed by atoms with Gasteiger partial charge in [0.1, 0.15) is 5.75 Å². The van der Waals surface area contributed by atoms with Crippen LogP contribution in [-0.2, 0) is 5.41 Å². The SMILES string of the molecule is COc1ccc(C(C)(C)C)cc1NC(=O)N1CCSCC1. The summed E-state index contributed by atoms with van der Waals surface area (Å²) in [5.74, 6) is 2.71. The number of nitrogens with one attached hydrogen (secondary N) is 1. The number of urea groups is 1. The van der Waals surface area contributed by atoms with E-state index in [1.165, 1.54) is 5.56 Å². The lowest BCUT2D eigenvalue weighted by Gasteiger charge is -2.27. The van der Waals surface area contributed by atoms with Gasteiger partial charge in [0.05, 0.1) is 12.8 Å². The van der Waals surface area contributed by atoms with Crippen molar-refractivity contribution in [3.8, 4) is 5.75 Å². The van der Waals surface area contributed by atoms with Crippen molar-refractivity contribution in [2.75, 3.05) is 37.0 Å². The van der Waals surface area contributed by atoms with Gasteiger partial charge in [-0.2, -0.15) is 11.8 Å². The molecular weight excluding hydrogens is 284 g/mol. The second kappa shape index (κ2) is 6.60. The maximum atomic E-state index is 12.3. The molecule has 0 atom stereocenters. The fraction of sp³-hybridized carbons (Fsp3) is 0.562. The van der Waals surface area contributed by atoms with Crippen molar-refractivity contribution in [1.82, 2.24) is 4.90 Å². The first-order valence-corrected chi connectivity index (χ1v) is 8.39. The van der Waals surface area contributed by atoms with Gasteiger partial charge in [-0.05, 0) is 23.1 Å². The standard InChI is InChI=1S/C16H24N2O2S/c1-16(2,3)12-5-6-14(20-4)13(11-12)17-15(19)18-7-9-21-10-8-18/h5-6,11H,7-10H2,1-4H3,(H,17,19). The molecule has 0 saturated carbocycles. The van der Waals surface area contributed by atoms with Crippen LogP contribution in [0.15, 0.2) is 18.2 Å². The molecule has 1 heterocycles. The lowest BCUT2D eigenvalue weighted by molar-refractivity contribution is 0.217. The number of carbonyl (C=O) groups is 1. The number of carbonyl (C=O) groups excluding carboxylic acids is 1. The van der Waals surface area contributed by atoms with E-state index < -0.39 is 0 Å². The van der Waals surface area contributed by atoms with E-state index in [1.807, 2.05) is 34.9 Å². The van der Waals surface area contributed by atoms with E-state index in [1.54, 1.807) is 7.11 Å². The van der Waals surface area contributed by atoms with E-state index in [4.69, 9.17) is 4.74 Å². The summed E-state index contributed by atoms with van der Waals surface area (Å²) >= 11 is 1.89. The summed E-state index contributed by atoms with van der Waals surface area (Å²) in [5.41, 5.74) is 1.95. The van der Waals surface area contributed by atoms with E-state index >= 15 is 0 Å². The minimum Gasteiger partial charge on any atom is -0.495 e. The Morgan fingerprint density at radius 1 is 1.29 bits per heavy atom. The smallest absolute Gasteiger partial charge is 0.322 e. The van der Waals surface area contributed by atoms with E-state index in [-0.39, 0.29) is 11.4 Å². The molecule has 0 bridgehead atoms. The number of anilines is 1. The van der Waals surface area contributed by atoms with E-state index in [2.05, 4.69) is 26.1 Å². The fourth-order valence-corrected chi connectivity index (χ4v) is 3.14. The molecule has 4 nitrogen and oxygen atoms in total. The molecule has 2 amide bonds. The van der Waals surface area contributed by atoms with Crippen LogP contribution in [0.3, 0.4) is 0 Å². The molecule has 0 spiro atoms. The number of methoxy groups -OCH3 is 1. The molecule has 1 fully saturated rings. The monoisotopic (exact) mass is 308 g/mol. The molecule has 5 heteroatoms. The Morgan fingerprint density at radius 2 is 1.95 bits per heavy atom. The van der Waals surface area contributed by atoms with Gasteiger partial charge in [-0.15, -0.1) is 0 Å². The van der Waals surface area contributed by atoms with Crippen molar-refractivity contribution < 1.29 is 9.53 Å². The first-order valence-electron chi connectivity index (χ1n) is 7.24. The number of benzene rings is 1. The van der Waals surface area contributed by atoms with Crippen molar-refractivity contribution in [1.29, 1.82) is 0 Å².